The van der Waals surface area contributed by atoms with Crippen molar-refractivity contribution >= 4 is 18.0 Å². The third-order valence-electron chi connectivity index (χ3n) is 3.41. The third-order valence-corrected chi connectivity index (χ3v) is 3.41. The number of hydrogen-bond acceptors (Lipinski definition) is 6. The molecule has 0 saturated carbocycles. The van der Waals surface area contributed by atoms with E-state index in [2.05, 4.69) is 16.0 Å². The molecule has 0 aromatic carbocycles. The molecule has 22 heavy (non-hydrogen) atoms. The maximum Gasteiger partial charge on any atom is 0.330 e. The molecule has 2 atom stereocenters. The van der Waals surface area contributed by atoms with Crippen molar-refractivity contribution in [2.75, 3.05) is 19.6 Å². The van der Waals surface area contributed by atoms with Crippen LogP contribution in [0.4, 0.5) is 4.79 Å². The maximum atomic E-state index is 11.7. The molecule has 126 valence electrons. The van der Waals surface area contributed by atoms with Crippen molar-refractivity contribution in [2.45, 2.75) is 51.1 Å². The SMILES string of the molecule is CCNC(=O)NCCCC[C@H](N)C(=O)OC(=O)[C@@H]1CCCN1. The van der Waals surface area contributed by atoms with Gasteiger partial charge in [0.1, 0.15) is 12.1 Å². The molecule has 0 aliphatic carbocycles. The molecule has 1 saturated heterocycles. The number of esters is 2. The number of urea groups is 1. The van der Waals surface area contributed by atoms with E-state index in [1.807, 2.05) is 6.92 Å². The zero-order chi connectivity index (χ0) is 16.4. The van der Waals surface area contributed by atoms with Gasteiger partial charge in [-0.05, 0) is 45.6 Å². The molecule has 0 unspecified atom stereocenters. The van der Waals surface area contributed by atoms with Gasteiger partial charge in [0.25, 0.3) is 0 Å². The van der Waals surface area contributed by atoms with Crippen LogP contribution in [0, 0.1) is 0 Å². The van der Waals surface area contributed by atoms with Crippen LogP contribution < -0.4 is 21.7 Å². The molecule has 8 heteroatoms. The van der Waals surface area contributed by atoms with E-state index in [0.29, 0.717) is 38.8 Å². The van der Waals surface area contributed by atoms with Crippen LogP contribution in [0.5, 0.6) is 0 Å². The second-order valence-electron chi connectivity index (χ2n) is 5.28. The first-order valence-electron chi connectivity index (χ1n) is 7.80. The number of amides is 2. The van der Waals surface area contributed by atoms with E-state index in [4.69, 9.17) is 10.5 Å². The number of hydrogen-bond donors (Lipinski definition) is 4. The third kappa shape index (κ3) is 6.86. The summed E-state index contributed by atoms with van der Waals surface area (Å²) in [5.74, 6) is -1.23. The normalized spacial score (nSPS) is 18.5. The van der Waals surface area contributed by atoms with Crippen LogP contribution in [0.1, 0.15) is 39.0 Å². The fraction of sp³-hybridized carbons (Fsp3) is 0.786. The Morgan fingerprint density at radius 1 is 1.32 bits per heavy atom. The van der Waals surface area contributed by atoms with E-state index < -0.39 is 24.0 Å². The molecule has 1 aliphatic rings. The average molecular weight is 314 g/mol. The summed E-state index contributed by atoms with van der Waals surface area (Å²) >= 11 is 0. The van der Waals surface area contributed by atoms with Gasteiger partial charge >= 0.3 is 18.0 Å². The highest BCUT2D eigenvalue weighted by Gasteiger charge is 2.27. The van der Waals surface area contributed by atoms with Crippen molar-refractivity contribution in [3.63, 3.8) is 0 Å². The second kappa shape index (κ2) is 10.1. The Kier molecular flexibility index (Phi) is 8.46. The van der Waals surface area contributed by atoms with Gasteiger partial charge in [0.2, 0.25) is 0 Å². The summed E-state index contributed by atoms with van der Waals surface area (Å²) in [6.07, 6.45) is 3.38. The van der Waals surface area contributed by atoms with Gasteiger partial charge in [-0.1, -0.05) is 0 Å². The molecular weight excluding hydrogens is 288 g/mol. The van der Waals surface area contributed by atoms with E-state index >= 15 is 0 Å². The van der Waals surface area contributed by atoms with Gasteiger partial charge in [-0.15, -0.1) is 0 Å². The van der Waals surface area contributed by atoms with Crippen LogP contribution in [0.15, 0.2) is 0 Å². The average Bonchev–Trinajstić information content (AvgIpc) is 3.01. The summed E-state index contributed by atoms with van der Waals surface area (Å²) in [6.45, 7) is 3.69. The van der Waals surface area contributed by atoms with Gasteiger partial charge in [0, 0.05) is 13.1 Å². The van der Waals surface area contributed by atoms with Crippen molar-refractivity contribution in [1.29, 1.82) is 0 Å². The summed E-state index contributed by atoms with van der Waals surface area (Å²) in [6, 6.07) is -1.41. The van der Waals surface area contributed by atoms with Crippen molar-refractivity contribution in [1.82, 2.24) is 16.0 Å². The van der Waals surface area contributed by atoms with Gasteiger partial charge in [-0.3, -0.25) is 0 Å². The number of nitrogens with two attached hydrogens (primary N) is 1. The summed E-state index contributed by atoms with van der Waals surface area (Å²) in [7, 11) is 0. The largest absolute Gasteiger partial charge is 0.391 e. The van der Waals surface area contributed by atoms with Crippen LogP contribution in [-0.2, 0) is 14.3 Å². The van der Waals surface area contributed by atoms with Gasteiger partial charge < -0.3 is 26.4 Å². The van der Waals surface area contributed by atoms with Gasteiger partial charge in [0.15, 0.2) is 0 Å². The molecule has 8 nitrogen and oxygen atoms in total. The molecule has 0 aromatic heterocycles. The lowest BCUT2D eigenvalue weighted by atomic mass is 10.1. The molecule has 2 amide bonds. The summed E-state index contributed by atoms with van der Waals surface area (Å²) < 4.78 is 4.78. The smallest absolute Gasteiger partial charge is 0.330 e. The predicted molar refractivity (Wildman–Crippen MR) is 81.0 cm³/mol. The highest BCUT2D eigenvalue weighted by atomic mass is 16.6. The Morgan fingerprint density at radius 2 is 2.09 bits per heavy atom. The Morgan fingerprint density at radius 3 is 2.73 bits per heavy atom. The van der Waals surface area contributed by atoms with Crippen molar-refractivity contribution in [3.8, 4) is 0 Å². The van der Waals surface area contributed by atoms with Crippen LogP contribution in [-0.4, -0.2) is 49.7 Å². The highest BCUT2D eigenvalue weighted by Crippen LogP contribution is 2.08. The van der Waals surface area contributed by atoms with E-state index in [-0.39, 0.29) is 6.03 Å². The first kappa shape index (κ1) is 18.4. The highest BCUT2D eigenvalue weighted by molar-refractivity contribution is 5.90. The topological polar surface area (TPSA) is 123 Å². The van der Waals surface area contributed by atoms with E-state index in [1.165, 1.54) is 0 Å². The minimum absolute atomic E-state index is 0.208. The van der Waals surface area contributed by atoms with Crippen LogP contribution >= 0.6 is 0 Å². The Balaban J connectivity index is 2.10. The summed E-state index contributed by atoms with van der Waals surface area (Å²) in [5.41, 5.74) is 5.71. The molecule has 1 rings (SSSR count). The van der Waals surface area contributed by atoms with Crippen LogP contribution in [0.3, 0.4) is 0 Å². The molecule has 0 radical (unpaired) electrons. The number of ether oxygens (including phenoxy) is 1. The zero-order valence-electron chi connectivity index (χ0n) is 13.0. The number of carbonyl (C=O) groups is 3. The van der Waals surface area contributed by atoms with Gasteiger partial charge in [-0.2, -0.15) is 0 Å². The number of unbranched alkanes of at least 4 members (excludes halogenated alkanes) is 1. The fourth-order valence-electron chi connectivity index (χ4n) is 2.16. The Bertz CT molecular complexity index is 383. The van der Waals surface area contributed by atoms with Crippen LogP contribution in [0.25, 0.3) is 0 Å². The number of rotatable bonds is 8. The first-order chi connectivity index (χ1) is 10.5. The number of carbonyl (C=O) groups excluding carboxylic acids is 3. The quantitative estimate of drug-likeness (QED) is 0.275. The lowest BCUT2D eigenvalue weighted by Gasteiger charge is -2.13. The van der Waals surface area contributed by atoms with Crippen molar-refractivity contribution in [3.05, 3.63) is 0 Å². The van der Waals surface area contributed by atoms with Crippen molar-refractivity contribution in [2.24, 2.45) is 5.73 Å². The van der Waals surface area contributed by atoms with E-state index in [1.54, 1.807) is 0 Å². The lowest BCUT2D eigenvalue weighted by molar-refractivity contribution is -0.162. The van der Waals surface area contributed by atoms with Crippen molar-refractivity contribution < 1.29 is 19.1 Å². The van der Waals surface area contributed by atoms with Crippen LogP contribution in [0.2, 0.25) is 0 Å². The van der Waals surface area contributed by atoms with Gasteiger partial charge in [0.05, 0.1) is 0 Å². The number of nitrogens with one attached hydrogen (secondary N) is 3. The molecule has 0 aromatic rings. The predicted octanol–water partition coefficient (Wildman–Crippen LogP) is -0.375. The Labute approximate surface area is 130 Å². The molecule has 1 aliphatic heterocycles. The second-order valence-corrected chi connectivity index (χ2v) is 5.28. The van der Waals surface area contributed by atoms with E-state index in [9.17, 15) is 14.4 Å². The minimum atomic E-state index is -0.810. The monoisotopic (exact) mass is 314 g/mol. The summed E-state index contributed by atoms with van der Waals surface area (Å²) in [4.78, 5) is 34.5. The molecule has 0 bridgehead atoms. The molecule has 1 heterocycles. The molecular formula is C14H26N4O4. The Hall–Kier alpha value is -1.67. The first-order valence-corrected chi connectivity index (χ1v) is 7.80. The molecule has 1 fully saturated rings. The van der Waals surface area contributed by atoms with Gasteiger partial charge in [-0.25, -0.2) is 14.4 Å². The zero-order valence-corrected chi connectivity index (χ0v) is 13.0. The molecule has 5 N–H and O–H groups in total. The maximum absolute atomic E-state index is 11.7. The fourth-order valence-corrected chi connectivity index (χ4v) is 2.16. The molecule has 0 spiro atoms. The lowest BCUT2D eigenvalue weighted by Crippen LogP contribution is -2.39. The standard InChI is InChI=1S/C14H26N4O4/c1-2-16-14(21)18-8-4-3-6-10(15)12(19)22-13(20)11-7-5-9-17-11/h10-11,17H,2-9,15H2,1H3,(H2,16,18,21)/t10-,11-/m0/s1. The summed E-state index contributed by atoms with van der Waals surface area (Å²) in [5, 5.41) is 8.27. The van der Waals surface area contributed by atoms with E-state index in [0.717, 1.165) is 13.0 Å². The minimum Gasteiger partial charge on any atom is -0.391 e.